The van der Waals surface area contributed by atoms with Crippen LogP contribution in [0, 0.1) is 0 Å². The van der Waals surface area contributed by atoms with Crippen LogP contribution >= 0.6 is 35.3 Å². The molecule has 0 unspecified atom stereocenters. The molecule has 0 bridgehead atoms. The lowest BCUT2D eigenvalue weighted by Gasteiger charge is -2.15. The zero-order valence-corrected chi connectivity index (χ0v) is 19.3. The van der Waals surface area contributed by atoms with Crippen molar-refractivity contribution in [2.75, 3.05) is 25.5 Å². The third kappa shape index (κ3) is 6.71. The Morgan fingerprint density at radius 2 is 2.08 bits per heavy atom. The molecule has 2 aromatic heterocycles. The highest BCUT2D eigenvalue weighted by atomic mass is 127. The van der Waals surface area contributed by atoms with E-state index in [2.05, 4.69) is 57.8 Å². The molecule has 0 fully saturated rings. The Morgan fingerprint density at radius 1 is 1.31 bits per heavy atom. The Morgan fingerprint density at radius 3 is 2.69 bits per heavy atom. The second-order valence-corrected chi connectivity index (χ2v) is 7.19. The van der Waals surface area contributed by atoms with E-state index in [1.807, 2.05) is 25.1 Å². The van der Waals surface area contributed by atoms with Gasteiger partial charge in [-0.25, -0.2) is 15.0 Å². The SMILES string of the molecule is CCNC(=NCc1cccnc1N(C)C)NCc1nc(C(C)C)cs1.I. The fourth-order valence-corrected chi connectivity index (χ4v) is 3.19. The van der Waals surface area contributed by atoms with Gasteiger partial charge >= 0.3 is 0 Å². The first-order valence-electron chi connectivity index (χ1n) is 8.59. The highest BCUT2D eigenvalue weighted by Crippen LogP contribution is 2.18. The van der Waals surface area contributed by atoms with Crippen molar-refractivity contribution in [1.29, 1.82) is 0 Å². The maximum absolute atomic E-state index is 4.69. The first-order chi connectivity index (χ1) is 12.0. The Bertz CT molecular complexity index is 698. The van der Waals surface area contributed by atoms with Gasteiger partial charge in [0.1, 0.15) is 10.8 Å². The first kappa shape index (κ1) is 22.6. The lowest BCUT2D eigenvalue weighted by Crippen LogP contribution is -2.36. The maximum atomic E-state index is 4.69. The van der Waals surface area contributed by atoms with E-state index in [-0.39, 0.29) is 24.0 Å². The summed E-state index contributed by atoms with van der Waals surface area (Å²) in [5.41, 5.74) is 2.25. The number of aromatic nitrogens is 2. The van der Waals surface area contributed by atoms with Gasteiger partial charge in [-0.2, -0.15) is 0 Å². The van der Waals surface area contributed by atoms with Gasteiger partial charge in [-0.1, -0.05) is 19.9 Å². The van der Waals surface area contributed by atoms with Crippen LogP contribution in [0.25, 0.3) is 0 Å². The highest BCUT2D eigenvalue weighted by Gasteiger charge is 2.08. The molecule has 0 spiro atoms. The fourth-order valence-electron chi connectivity index (χ4n) is 2.29. The van der Waals surface area contributed by atoms with Crippen molar-refractivity contribution in [3.8, 4) is 0 Å². The van der Waals surface area contributed by atoms with Gasteiger partial charge < -0.3 is 15.5 Å². The number of halogens is 1. The number of nitrogens with one attached hydrogen (secondary N) is 2. The second-order valence-electron chi connectivity index (χ2n) is 6.25. The Hall–Kier alpha value is -1.42. The molecule has 2 aromatic rings. The molecule has 0 aliphatic rings. The zero-order valence-electron chi connectivity index (χ0n) is 16.1. The lowest BCUT2D eigenvalue weighted by molar-refractivity contribution is 0.787. The minimum Gasteiger partial charge on any atom is -0.362 e. The molecule has 0 saturated carbocycles. The summed E-state index contributed by atoms with van der Waals surface area (Å²) in [5.74, 6) is 2.20. The van der Waals surface area contributed by atoms with Crippen LogP contribution in [-0.2, 0) is 13.1 Å². The van der Waals surface area contributed by atoms with Crippen LogP contribution in [0.4, 0.5) is 5.82 Å². The van der Waals surface area contributed by atoms with Crippen molar-refractivity contribution in [1.82, 2.24) is 20.6 Å². The third-order valence-corrected chi connectivity index (χ3v) is 4.48. The van der Waals surface area contributed by atoms with E-state index >= 15 is 0 Å². The summed E-state index contributed by atoms with van der Waals surface area (Å²) in [7, 11) is 3.99. The van der Waals surface area contributed by atoms with Crippen molar-refractivity contribution < 1.29 is 0 Å². The standard InChI is InChI=1S/C18H28N6S.HI/c1-6-19-18(22-11-16-23-15(12-25-16)13(2)3)21-10-14-8-7-9-20-17(14)24(4)5;/h7-9,12-13H,6,10-11H2,1-5H3,(H2,19,21,22);1H. The molecule has 6 nitrogen and oxygen atoms in total. The predicted molar refractivity (Wildman–Crippen MR) is 122 cm³/mol. The van der Waals surface area contributed by atoms with Crippen LogP contribution < -0.4 is 15.5 Å². The average Bonchev–Trinajstić information content (AvgIpc) is 3.07. The number of nitrogens with zero attached hydrogens (tertiary/aromatic N) is 4. The van der Waals surface area contributed by atoms with Crippen molar-refractivity contribution >= 4 is 47.1 Å². The zero-order chi connectivity index (χ0) is 18.2. The lowest BCUT2D eigenvalue weighted by atomic mass is 10.2. The van der Waals surface area contributed by atoms with Gasteiger partial charge in [-0.3, -0.25) is 0 Å². The predicted octanol–water partition coefficient (Wildman–Crippen LogP) is 3.60. The van der Waals surface area contributed by atoms with Crippen LogP contribution in [0.3, 0.4) is 0 Å². The molecule has 144 valence electrons. The molecule has 2 N–H and O–H groups in total. The summed E-state index contributed by atoms with van der Waals surface area (Å²) < 4.78 is 0. The van der Waals surface area contributed by atoms with Crippen molar-refractivity contribution in [3.63, 3.8) is 0 Å². The molecule has 0 atom stereocenters. The van der Waals surface area contributed by atoms with E-state index in [1.54, 1.807) is 17.5 Å². The number of anilines is 1. The van der Waals surface area contributed by atoms with Gasteiger partial charge in [-0.15, -0.1) is 35.3 Å². The highest BCUT2D eigenvalue weighted by molar-refractivity contribution is 14.0. The quantitative estimate of drug-likeness (QED) is 0.354. The van der Waals surface area contributed by atoms with E-state index in [0.717, 1.165) is 34.6 Å². The largest absolute Gasteiger partial charge is 0.362 e. The first-order valence-corrected chi connectivity index (χ1v) is 9.47. The van der Waals surface area contributed by atoms with Crippen LogP contribution in [-0.4, -0.2) is 36.6 Å². The summed E-state index contributed by atoms with van der Waals surface area (Å²) in [6.07, 6.45) is 1.81. The molecule has 2 heterocycles. The van der Waals surface area contributed by atoms with Gasteiger partial charge in [0.05, 0.1) is 18.8 Å². The summed E-state index contributed by atoms with van der Waals surface area (Å²) >= 11 is 1.69. The van der Waals surface area contributed by atoms with Gasteiger partial charge in [0.2, 0.25) is 0 Å². The summed E-state index contributed by atoms with van der Waals surface area (Å²) in [6.45, 7) is 8.45. The second kappa shape index (κ2) is 11.3. The minimum absolute atomic E-state index is 0. The third-order valence-electron chi connectivity index (χ3n) is 3.61. The number of pyridine rings is 1. The molecular weight excluding hydrogens is 459 g/mol. The molecule has 0 amide bonds. The van der Waals surface area contributed by atoms with Crippen LogP contribution in [0.5, 0.6) is 0 Å². The summed E-state index contributed by atoms with van der Waals surface area (Å²) in [6, 6.07) is 4.01. The van der Waals surface area contributed by atoms with E-state index in [9.17, 15) is 0 Å². The van der Waals surface area contributed by atoms with Gasteiger partial charge in [-0.05, 0) is 18.9 Å². The van der Waals surface area contributed by atoms with E-state index in [0.29, 0.717) is 19.0 Å². The fraction of sp³-hybridized carbons (Fsp3) is 0.500. The number of guanidine groups is 1. The normalized spacial score (nSPS) is 11.2. The molecule has 0 aliphatic heterocycles. The van der Waals surface area contributed by atoms with Gasteiger partial charge in [0.15, 0.2) is 5.96 Å². The van der Waals surface area contributed by atoms with E-state index in [1.165, 1.54) is 0 Å². The Labute approximate surface area is 177 Å². The molecule has 0 saturated heterocycles. The molecular formula is C18H29IN6S. The number of hydrogen-bond donors (Lipinski definition) is 2. The number of rotatable bonds is 7. The minimum atomic E-state index is 0. The number of aliphatic imine (C=N–C) groups is 1. The maximum Gasteiger partial charge on any atom is 0.191 e. The summed E-state index contributed by atoms with van der Waals surface area (Å²) in [4.78, 5) is 15.8. The van der Waals surface area contributed by atoms with Crippen LogP contribution in [0.1, 0.15) is 43.0 Å². The smallest absolute Gasteiger partial charge is 0.191 e. The molecule has 2 rings (SSSR count). The van der Waals surface area contributed by atoms with Crippen LogP contribution in [0.2, 0.25) is 0 Å². The summed E-state index contributed by atoms with van der Waals surface area (Å²) in [5, 5.41) is 9.85. The van der Waals surface area contributed by atoms with E-state index in [4.69, 9.17) is 0 Å². The van der Waals surface area contributed by atoms with Crippen molar-refractivity contribution in [2.24, 2.45) is 4.99 Å². The molecule has 0 aromatic carbocycles. The van der Waals surface area contributed by atoms with E-state index < -0.39 is 0 Å². The molecule has 8 heteroatoms. The van der Waals surface area contributed by atoms with Gasteiger partial charge in [0.25, 0.3) is 0 Å². The monoisotopic (exact) mass is 488 g/mol. The van der Waals surface area contributed by atoms with Crippen molar-refractivity contribution in [3.05, 3.63) is 40.0 Å². The number of hydrogen-bond acceptors (Lipinski definition) is 5. The number of thiazole rings is 1. The van der Waals surface area contributed by atoms with Gasteiger partial charge in [0, 0.05) is 37.8 Å². The Kier molecular flexibility index (Phi) is 9.85. The molecule has 26 heavy (non-hydrogen) atoms. The average molecular weight is 488 g/mol. The van der Waals surface area contributed by atoms with Crippen molar-refractivity contribution in [2.45, 2.75) is 39.8 Å². The molecule has 0 aliphatic carbocycles. The molecule has 0 radical (unpaired) electrons. The topological polar surface area (TPSA) is 65.4 Å². The Balaban J connectivity index is 0.00000338. The van der Waals surface area contributed by atoms with Crippen LogP contribution in [0.15, 0.2) is 28.7 Å².